The van der Waals surface area contributed by atoms with Crippen LogP contribution in [0.25, 0.3) is 0 Å². The SMILES string of the molecule is COC(=O)CCOC(F)(F)I. The minimum absolute atomic E-state index is 0.158. The molecule has 0 saturated heterocycles. The molecule has 0 spiro atoms. The van der Waals surface area contributed by atoms with E-state index in [1.165, 1.54) is 7.11 Å². The Morgan fingerprint density at radius 1 is 1.64 bits per heavy atom. The topological polar surface area (TPSA) is 35.5 Å². The molecule has 0 unspecified atom stereocenters. The van der Waals surface area contributed by atoms with Crippen molar-refractivity contribution >= 4 is 28.6 Å². The lowest BCUT2D eigenvalue weighted by atomic mass is 10.5. The van der Waals surface area contributed by atoms with Crippen molar-refractivity contribution in [1.29, 1.82) is 0 Å². The van der Waals surface area contributed by atoms with E-state index >= 15 is 0 Å². The largest absolute Gasteiger partial charge is 0.469 e. The molecule has 0 aliphatic rings. The quantitative estimate of drug-likeness (QED) is 0.445. The molecule has 6 heteroatoms. The number of ether oxygens (including phenoxy) is 2. The third-order valence-corrected chi connectivity index (χ3v) is 1.11. The summed E-state index contributed by atoms with van der Waals surface area (Å²) in [4.78, 5) is 10.3. The van der Waals surface area contributed by atoms with Crippen molar-refractivity contribution in [1.82, 2.24) is 0 Å². The van der Waals surface area contributed by atoms with Crippen molar-refractivity contribution in [2.45, 2.75) is 10.5 Å². The van der Waals surface area contributed by atoms with Crippen LogP contribution in [0.1, 0.15) is 6.42 Å². The van der Waals surface area contributed by atoms with E-state index in [4.69, 9.17) is 0 Å². The van der Waals surface area contributed by atoms with Gasteiger partial charge >= 0.3 is 10.1 Å². The Kier molecular flexibility index (Phi) is 4.82. The maximum atomic E-state index is 11.9. The molecule has 0 fully saturated rings. The number of alkyl halides is 3. The number of rotatable bonds is 4. The van der Waals surface area contributed by atoms with Crippen molar-refractivity contribution in [3.8, 4) is 0 Å². The zero-order valence-corrected chi connectivity index (χ0v) is 7.93. The highest BCUT2D eigenvalue weighted by Crippen LogP contribution is 2.23. The van der Waals surface area contributed by atoms with E-state index in [2.05, 4.69) is 9.47 Å². The van der Waals surface area contributed by atoms with Crippen molar-refractivity contribution in [2.75, 3.05) is 13.7 Å². The van der Waals surface area contributed by atoms with Crippen LogP contribution in [0, 0.1) is 0 Å². The molecule has 0 amide bonds. The summed E-state index contributed by atoms with van der Waals surface area (Å²) in [5.74, 6) is -0.564. The molecule has 0 saturated carbocycles. The minimum atomic E-state index is -3.20. The fourth-order valence-corrected chi connectivity index (χ4v) is 0.572. The molecule has 0 radical (unpaired) electrons. The second-order valence-electron chi connectivity index (χ2n) is 1.62. The van der Waals surface area contributed by atoms with Crippen LogP contribution >= 0.6 is 22.6 Å². The van der Waals surface area contributed by atoms with Gasteiger partial charge in [0.15, 0.2) is 0 Å². The van der Waals surface area contributed by atoms with Gasteiger partial charge in [-0.05, 0) is 0 Å². The fourth-order valence-electron chi connectivity index (χ4n) is 0.352. The number of hydrogen-bond donors (Lipinski definition) is 0. The van der Waals surface area contributed by atoms with Gasteiger partial charge < -0.3 is 9.47 Å². The van der Waals surface area contributed by atoms with E-state index in [9.17, 15) is 13.6 Å². The summed E-state index contributed by atoms with van der Waals surface area (Å²) in [6, 6.07) is 0. The Hall–Kier alpha value is 0.0200. The van der Waals surface area contributed by atoms with Gasteiger partial charge in [0.1, 0.15) is 0 Å². The molecule has 0 aliphatic heterocycles. The molecule has 0 atom stereocenters. The average Bonchev–Trinajstić information content (AvgIpc) is 1.85. The molecule has 0 aromatic rings. The predicted octanol–water partition coefficient (Wildman–Crippen LogP) is 1.55. The molecule has 0 aromatic heterocycles. The van der Waals surface area contributed by atoms with Crippen LogP contribution in [0.3, 0.4) is 0 Å². The first-order valence-corrected chi connectivity index (χ1v) is 3.81. The first-order valence-electron chi connectivity index (χ1n) is 2.73. The van der Waals surface area contributed by atoms with Gasteiger partial charge in [-0.15, -0.1) is 0 Å². The van der Waals surface area contributed by atoms with Gasteiger partial charge in [-0.3, -0.25) is 4.79 Å². The monoisotopic (exact) mass is 280 g/mol. The second kappa shape index (κ2) is 4.81. The van der Waals surface area contributed by atoms with Gasteiger partial charge in [0.2, 0.25) is 0 Å². The summed E-state index contributed by atoms with van der Waals surface area (Å²) in [5.41, 5.74) is 0. The third-order valence-electron chi connectivity index (χ3n) is 0.800. The summed E-state index contributed by atoms with van der Waals surface area (Å²) >= 11 is 0.828. The summed E-state index contributed by atoms with van der Waals surface area (Å²) in [7, 11) is 1.19. The molecular formula is C5H7F2IO3. The molecule has 0 aromatic carbocycles. The van der Waals surface area contributed by atoms with Gasteiger partial charge in [0, 0.05) is 22.6 Å². The molecule has 11 heavy (non-hydrogen) atoms. The predicted molar refractivity (Wildman–Crippen MR) is 41.6 cm³/mol. The van der Waals surface area contributed by atoms with Crippen molar-refractivity contribution in [2.24, 2.45) is 0 Å². The van der Waals surface area contributed by atoms with E-state index in [0.29, 0.717) is 0 Å². The van der Waals surface area contributed by atoms with E-state index in [1.54, 1.807) is 0 Å². The Bertz CT molecular complexity index is 134. The lowest BCUT2D eigenvalue weighted by molar-refractivity contribution is -0.158. The molecule has 3 nitrogen and oxygen atoms in total. The van der Waals surface area contributed by atoms with Crippen LogP contribution in [0.15, 0.2) is 0 Å². The fraction of sp³-hybridized carbons (Fsp3) is 0.800. The van der Waals surface area contributed by atoms with Crippen LogP contribution in [0.4, 0.5) is 8.78 Å². The highest BCUT2D eigenvalue weighted by molar-refractivity contribution is 14.1. The minimum Gasteiger partial charge on any atom is -0.469 e. The Labute approximate surface area is 76.2 Å². The van der Waals surface area contributed by atoms with Crippen LogP contribution in [0.2, 0.25) is 0 Å². The van der Waals surface area contributed by atoms with Crippen molar-refractivity contribution in [3.63, 3.8) is 0 Å². The lowest BCUT2D eigenvalue weighted by Crippen LogP contribution is -2.14. The van der Waals surface area contributed by atoms with Gasteiger partial charge in [-0.25, -0.2) is 0 Å². The Balaban J connectivity index is 3.35. The highest BCUT2D eigenvalue weighted by atomic mass is 127. The van der Waals surface area contributed by atoms with Crippen LogP contribution < -0.4 is 0 Å². The lowest BCUT2D eigenvalue weighted by Gasteiger charge is -2.07. The summed E-state index contributed by atoms with van der Waals surface area (Å²) in [5, 5.41) is 0. The number of hydrogen-bond acceptors (Lipinski definition) is 3. The Morgan fingerprint density at radius 2 is 2.18 bits per heavy atom. The molecule has 0 bridgehead atoms. The van der Waals surface area contributed by atoms with Gasteiger partial charge in [0.05, 0.1) is 20.1 Å². The molecular weight excluding hydrogens is 273 g/mol. The summed E-state index contributed by atoms with van der Waals surface area (Å²) < 4.78 is 28.7. The van der Waals surface area contributed by atoms with Crippen molar-refractivity contribution < 1.29 is 23.0 Å². The summed E-state index contributed by atoms with van der Waals surface area (Å²) in [6.07, 6.45) is -0.158. The first-order chi connectivity index (χ1) is 4.95. The van der Waals surface area contributed by atoms with Crippen LogP contribution in [-0.2, 0) is 14.3 Å². The van der Waals surface area contributed by atoms with E-state index in [-0.39, 0.29) is 13.0 Å². The summed E-state index contributed by atoms with van der Waals surface area (Å²) in [6.45, 7) is -0.331. The Morgan fingerprint density at radius 3 is 2.55 bits per heavy atom. The molecule has 66 valence electrons. The van der Waals surface area contributed by atoms with Gasteiger partial charge in [-0.2, -0.15) is 8.78 Å². The number of methoxy groups -OCH3 is 1. The zero-order valence-electron chi connectivity index (χ0n) is 5.77. The average molecular weight is 280 g/mol. The standard InChI is InChI=1S/C5H7F2IO3/c1-10-4(9)2-3-11-5(6,7)8/h2-3H2,1H3. The van der Waals surface area contributed by atoms with E-state index < -0.39 is 10.1 Å². The number of carbonyl (C=O) groups is 1. The molecule has 0 rings (SSSR count). The number of halogens is 3. The van der Waals surface area contributed by atoms with Crippen LogP contribution in [-0.4, -0.2) is 23.8 Å². The normalized spacial score (nSPS) is 11.3. The van der Waals surface area contributed by atoms with Crippen LogP contribution in [0.5, 0.6) is 0 Å². The number of carbonyl (C=O) groups excluding carboxylic acids is 1. The zero-order chi connectivity index (χ0) is 8.91. The number of esters is 1. The van der Waals surface area contributed by atoms with Gasteiger partial charge in [0.25, 0.3) is 0 Å². The highest BCUT2D eigenvalue weighted by Gasteiger charge is 2.24. The smallest absolute Gasteiger partial charge is 0.407 e. The molecule has 0 N–H and O–H groups in total. The third kappa shape index (κ3) is 7.92. The second-order valence-corrected chi connectivity index (χ2v) is 2.88. The first kappa shape index (κ1) is 11.0. The maximum Gasteiger partial charge on any atom is 0.407 e. The van der Waals surface area contributed by atoms with E-state index in [1.807, 2.05) is 0 Å². The van der Waals surface area contributed by atoms with E-state index in [0.717, 1.165) is 22.6 Å². The maximum absolute atomic E-state index is 11.9. The molecule has 0 heterocycles. The molecule has 0 aliphatic carbocycles. The van der Waals surface area contributed by atoms with Crippen molar-refractivity contribution in [3.05, 3.63) is 0 Å². The van der Waals surface area contributed by atoms with Gasteiger partial charge in [-0.1, -0.05) is 0 Å².